The van der Waals surface area contributed by atoms with Crippen LogP contribution in [0.4, 0.5) is 17.1 Å². The zero-order valence-corrected chi connectivity index (χ0v) is 23.7. The van der Waals surface area contributed by atoms with Crippen molar-refractivity contribution < 1.29 is 24.0 Å². The molecule has 212 valence electrons. The molecule has 42 heavy (non-hydrogen) atoms. The second-order valence-electron chi connectivity index (χ2n) is 9.42. The van der Waals surface area contributed by atoms with Crippen LogP contribution < -0.4 is 19.8 Å². The molecule has 1 aromatic heterocycles. The highest BCUT2D eigenvalue weighted by atomic mass is 35.5. The number of halogens is 1. The van der Waals surface area contributed by atoms with Crippen LogP contribution in [0.15, 0.2) is 82.6 Å². The molecule has 1 fully saturated rings. The lowest BCUT2D eigenvalue weighted by Crippen LogP contribution is -2.32. The number of aromatic amines is 1. The molecule has 3 heterocycles. The number of hydrogen-bond donors (Lipinski definition) is 2. The Labute approximate surface area is 250 Å². The van der Waals surface area contributed by atoms with Gasteiger partial charge < -0.3 is 15.0 Å². The van der Waals surface area contributed by atoms with Crippen LogP contribution in [0.2, 0.25) is 5.02 Å². The summed E-state index contributed by atoms with van der Waals surface area (Å²) in [6.45, 7) is -0.340. The number of nitrogens with one attached hydrogen (secondary N) is 2. The number of nitro groups is 1. The van der Waals surface area contributed by atoms with E-state index < -0.39 is 39.7 Å². The molecule has 3 atom stereocenters. The summed E-state index contributed by atoms with van der Waals surface area (Å²) >= 11 is 7.97. The number of para-hydroxylation sites is 1. The summed E-state index contributed by atoms with van der Waals surface area (Å²) in [6, 6.07) is 18.6. The van der Waals surface area contributed by atoms with E-state index >= 15 is 0 Å². The average Bonchev–Trinajstić information content (AvgIpc) is 3.47. The summed E-state index contributed by atoms with van der Waals surface area (Å²) in [5, 5.41) is 14.0. The number of non-ortho nitro benzene ring substituents is 1. The van der Waals surface area contributed by atoms with Gasteiger partial charge in [-0.25, -0.2) is 4.90 Å². The molecule has 14 heteroatoms. The van der Waals surface area contributed by atoms with Crippen molar-refractivity contribution in [3.8, 4) is 5.75 Å². The van der Waals surface area contributed by atoms with E-state index in [1.54, 1.807) is 48.5 Å². The second-order valence-corrected chi connectivity index (χ2v) is 12.0. The number of nitro benzene ring substituents is 1. The Morgan fingerprint density at radius 1 is 1.02 bits per heavy atom. The van der Waals surface area contributed by atoms with E-state index in [-0.39, 0.29) is 22.9 Å². The molecule has 6 rings (SSSR count). The summed E-state index contributed by atoms with van der Waals surface area (Å²) in [6.07, 6.45) is 0. The lowest BCUT2D eigenvalue weighted by molar-refractivity contribution is -0.384. The number of thiazole rings is 1. The van der Waals surface area contributed by atoms with E-state index in [9.17, 15) is 29.3 Å². The first kappa shape index (κ1) is 27.7. The molecular formula is C28H19ClN4O7S2. The van der Waals surface area contributed by atoms with E-state index in [0.717, 1.165) is 28.0 Å². The first-order chi connectivity index (χ1) is 20.2. The van der Waals surface area contributed by atoms with Crippen LogP contribution in [0.5, 0.6) is 5.75 Å². The smallest absolute Gasteiger partial charge is 0.305 e. The number of thioether (sulfide) groups is 1. The minimum absolute atomic E-state index is 0.173. The molecule has 1 saturated heterocycles. The minimum atomic E-state index is -0.899. The Morgan fingerprint density at radius 3 is 2.45 bits per heavy atom. The number of carbonyl (C=O) groups excluding carboxylic acids is 3. The maximum Gasteiger partial charge on any atom is 0.305 e. The highest BCUT2D eigenvalue weighted by Crippen LogP contribution is 2.54. The first-order valence-corrected chi connectivity index (χ1v) is 14.6. The lowest BCUT2D eigenvalue weighted by Gasteiger charge is -2.30. The van der Waals surface area contributed by atoms with E-state index in [4.69, 9.17) is 16.3 Å². The molecule has 11 nitrogen and oxygen atoms in total. The molecule has 0 aliphatic carbocycles. The van der Waals surface area contributed by atoms with Crippen LogP contribution in [-0.2, 0) is 14.4 Å². The summed E-state index contributed by atoms with van der Waals surface area (Å²) in [5.41, 5.74) is 1.12. The van der Waals surface area contributed by atoms with Crippen molar-refractivity contribution in [2.24, 2.45) is 5.92 Å². The Hall–Kier alpha value is -4.46. The van der Waals surface area contributed by atoms with Crippen LogP contribution in [-0.4, -0.2) is 39.5 Å². The van der Waals surface area contributed by atoms with Gasteiger partial charge in [0, 0.05) is 39.2 Å². The molecule has 0 radical (unpaired) electrons. The predicted molar refractivity (Wildman–Crippen MR) is 158 cm³/mol. The molecule has 0 saturated carbocycles. The Balaban J connectivity index is 1.33. The molecular weight excluding hydrogens is 604 g/mol. The van der Waals surface area contributed by atoms with Crippen molar-refractivity contribution in [3.63, 3.8) is 0 Å². The van der Waals surface area contributed by atoms with Gasteiger partial charge in [0.1, 0.15) is 11.0 Å². The fourth-order valence-corrected chi connectivity index (χ4v) is 7.70. The molecule has 2 aliphatic rings. The maximum atomic E-state index is 13.9. The number of H-pyrrole nitrogens is 1. The second kappa shape index (κ2) is 11.1. The Bertz CT molecular complexity index is 1790. The fraction of sp³-hybridized carbons (Fsp3) is 0.143. The van der Waals surface area contributed by atoms with Crippen molar-refractivity contribution in [1.82, 2.24) is 4.98 Å². The van der Waals surface area contributed by atoms with Gasteiger partial charge in [-0.1, -0.05) is 52.9 Å². The molecule has 0 bridgehead atoms. The summed E-state index contributed by atoms with van der Waals surface area (Å²) in [5.74, 6) is -2.73. The van der Waals surface area contributed by atoms with E-state index in [1.165, 1.54) is 24.3 Å². The number of anilines is 2. The molecule has 0 unspecified atom stereocenters. The van der Waals surface area contributed by atoms with Gasteiger partial charge in [0.05, 0.1) is 21.6 Å². The van der Waals surface area contributed by atoms with Crippen molar-refractivity contribution >= 4 is 69.5 Å². The number of imide groups is 1. The number of benzene rings is 3. The highest BCUT2D eigenvalue weighted by molar-refractivity contribution is 8.00. The van der Waals surface area contributed by atoms with Crippen molar-refractivity contribution in [2.75, 3.05) is 16.8 Å². The summed E-state index contributed by atoms with van der Waals surface area (Å²) < 4.78 is 5.93. The molecule has 3 amide bonds. The fourth-order valence-electron chi connectivity index (χ4n) is 5.07. The van der Waals surface area contributed by atoms with Gasteiger partial charge in [0.15, 0.2) is 6.61 Å². The summed E-state index contributed by atoms with van der Waals surface area (Å²) in [7, 11) is 0. The zero-order valence-electron chi connectivity index (χ0n) is 21.3. The minimum Gasteiger partial charge on any atom is -0.483 e. The van der Waals surface area contributed by atoms with Crippen LogP contribution in [0, 0.1) is 16.0 Å². The van der Waals surface area contributed by atoms with Crippen LogP contribution >= 0.6 is 34.7 Å². The number of rotatable bonds is 7. The molecule has 4 aromatic rings. The number of amides is 3. The van der Waals surface area contributed by atoms with Crippen LogP contribution in [0.3, 0.4) is 0 Å². The van der Waals surface area contributed by atoms with Gasteiger partial charge in [-0.3, -0.25) is 29.3 Å². The molecule has 2 aliphatic heterocycles. The average molecular weight is 623 g/mol. The number of fused-ring (bicyclic) bond motifs is 2. The van der Waals surface area contributed by atoms with Gasteiger partial charge in [0.2, 0.25) is 11.8 Å². The molecule has 3 aromatic carbocycles. The quantitative estimate of drug-likeness (QED) is 0.169. The topological polar surface area (TPSA) is 152 Å². The van der Waals surface area contributed by atoms with Gasteiger partial charge in [-0.05, 0) is 42.5 Å². The number of ether oxygens (including phenoxy) is 1. The normalized spacial score (nSPS) is 19.3. The van der Waals surface area contributed by atoms with Crippen molar-refractivity contribution in [1.29, 1.82) is 0 Å². The van der Waals surface area contributed by atoms with Gasteiger partial charge in [0.25, 0.3) is 11.6 Å². The van der Waals surface area contributed by atoms with Gasteiger partial charge >= 0.3 is 4.87 Å². The number of aromatic nitrogens is 1. The van der Waals surface area contributed by atoms with Crippen molar-refractivity contribution in [3.05, 3.63) is 108 Å². The van der Waals surface area contributed by atoms with Crippen LogP contribution in [0.25, 0.3) is 0 Å². The number of carbonyl (C=O) groups is 3. The number of hydrogen-bond acceptors (Lipinski definition) is 9. The third-order valence-electron chi connectivity index (χ3n) is 6.88. The largest absolute Gasteiger partial charge is 0.483 e. The Kier molecular flexibility index (Phi) is 7.31. The SMILES string of the molecule is O=C(COc1ccccc1[C@@H]1c2sc(=O)[nH]c2S[C@H]2C(=O)N(c3ccc([N+](=O)[O-])cc3)C(=O)[C@@H]12)Nc1ccc(Cl)cc1. The van der Waals surface area contributed by atoms with Gasteiger partial charge in [-0.2, -0.15) is 0 Å². The monoisotopic (exact) mass is 622 g/mol. The molecule has 0 spiro atoms. The van der Waals surface area contributed by atoms with Gasteiger partial charge in [-0.15, -0.1) is 0 Å². The van der Waals surface area contributed by atoms with E-state index in [0.29, 0.717) is 31.9 Å². The van der Waals surface area contributed by atoms with Crippen molar-refractivity contribution in [2.45, 2.75) is 16.2 Å². The molecule has 2 N–H and O–H groups in total. The first-order valence-electron chi connectivity index (χ1n) is 12.5. The standard InChI is InChI=1S/C28H19ClN4O7S2/c29-14-5-7-15(8-6-14)30-20(34)13-40-19-4-2-1-3-18(19)21-22-24(41-25-23(21)42-28(37)31-25)27(36)32(26(22)35)16-9-11-17(12-10-16)33(38)39/h1-12,21-22,24H,13H2,(H,30,34)(H,31,37)/t21-,22-,24+/m0/s1. The van der Waals surface area contributed by atoms with E-state index in [1.807, 2.05) is 0 Å². The maximum absolute atomic E-state index is 13.9. The Morgan fingerprint density at radius 2 is 1.74 bits per heavy atom. The highest BCUT2D eigenvalue weighted by Gasteiger charge is 2.56. The number of nitrogens with zero attached hydrogens (tertiary/aromatic N) is 2. The van der Waals surface area contributed by atoms with E-state index in [2.05, 4.69) is 10.3 Å². The zero-order chi connectivity index (χ0) is 29.5. The predicted octanol–water partition coefficient (Wildman–Crippen LogP) is 4.81. The summed E-state index contributed by atoms with van der Waals surface area (Å²) in [4.78, 5) is 67.2. The third-order valence-corrected chi connectivity index (χ3v) is 9.54. The van der Waals surface area contributed by atoms with Crippen LogP contribution in [0.1, 0.15) is 16.4 Å². The third kappa shape index (κ3) is 5.06. The lowest BCUT2D eigenvalue weighted by atomic mass is 9.82.